The molecule has 0 N–H and O–H groups in total. The zero-order valence-corrected chi connectivity index (χ0v) is 24.9. The third-order valence-electron chi connectivity index (χ3n) is 8.71. The van der Waals surface area contributed by atoms with Crippen LogP contribution in [0.3, 0.4) is 0 Å². The summed E-state index contributed by atoms with van der Waals surface area (Å²) < 4.78 is 0. The molecule has 2 nitrogen and oxygen atoms in total. The van der Waals surface area contributed by atoms with Crippen LogP contribution in [0.25, 0.3) is 32.3 Å². The maximum absolute atomic E-state index is 2.38. The quantitative estimate of drug-likeness (QED) is 0.185. The molecule has 0 aliphatic heterocycles. The van der Waals surface area contributed by atoms with Crippen LogP contribution in [0.2, 0.25) is 0 Å². The van der Waals surface area contributed by atoms with Gasteiger partial charge >= 0.3 is 0 Å². The number of aryl methyl sites for hydroxylation is 2. The molecule has 0 atom stereocenters. The van der Waals surface area contributed by atoms with Gasteiger partial charge in [0, 0.05) is 33.5 Å². The number of anilines is 6. The first-order chi connectivity index (χ1) is 21.7. The Hall–Kier alpha value is -5.60. The van der Waals surface area contributed by atoms with Gasteiger partial charge in [-0.25, -0.2) is 0 Å². The fourth-order valence-corrected chi connectivity index (χ4v) is 6.56. The van der Waals surface area contributed by atoms with Gasteiger partial charge < -0.3 is 9.80 Å². The summed E-state index contributed by atoms with van der Waals surface area (Å²) in [5.74, 6) is 0. The van der Waals surface area contributed by atoms with Crippen molar-refractivity contribution < 1.29 is 0 Å². The van der Waals surface area contributed by atoms with Crippen molar-refractivity contribution in [2.24, 2.45) is 0 Å². The summed E-state index contributed by atoms with van der Waals surface area (Å²) in [6.45, 7) is 4.28. The highest BCUT2D eigenvalue weighted by atomic mass is 15.1. The van der Waals surface area contributed by atoms with Crippen LogP contribution in [0, 0.1) is 13.8 Å². The van der Waals surface area contributed by atoms with E-state index < -0.39 is 0 Å². The van der Waals surface area contributed by atoms with Crippen LogP contribution >= 0.6 is 0 Å². The van der Waals surface area contributed by atoms with E-state index in [4.69, 9.17) is 0 Å². The lowest BCUT2D eigenvalue weighted by molar-refractivity contribution is 1.29. The van der Waals surface area contributed by atoms with E-state index in [1.54, 1.807) is 0 Å². The van der Waals surface area contributed by atoms with Crippen LogP contribution < -0.4 is 9.80 Å². The van der Waals surface area contributed by atoms with E-state index in [9.17, 15) is 0 Å². The highest BCUT2D eigenvalue weighted by Gasteiger charge is 2.21. The van der Waals surface area contributed by atoms with Gasteiger partial charge in [0.1, 0.15) is 0 Å². The molecule has 0 unspecified atom stereocenters. The zero-order valence-electron chi connectivity index (χ0n) is 24.9. The zero-order chi connectivity index (χ0) is 29.6. The van der Waals surface area contributed by atoms with Crippen molar-refractivity contribution in [2.45, 2.75) is 13.8 Å². The normalized spacial score (nSPS) is 11.4. The number of nitrogens with zero attached hydrogens (tertiary/aromatic N) is 2. The molecular formula is C42H32N2. The van der Waals surface area contributed by atoms with Crippen LogP contribution in [0.4, 0.5) is 34.1 Å². The van der Waals surface area contributed by atoms with Gasteiger partial charge in [0.25, 0.3) is 0 Å². The maximum atomic E-state index is 2.38. The summed E-state index contributed by atoms with van der Waals surface area (Å²) in [6.07, 6.45) is 0. The molecule has 0 saturated carbocycles. The Morgan fingerprint density at radius 1 is 0.318 bits per heavy atom. The van der Waals surface area contributed by atoms with E-state index in [1.807, 2.05) is 0 Å². The summed E-state index contributed by atoms with van der Waals surface area (Å²) in [4.78, 5) is 4.77. The first-order valence-corrected chi connectivity index (χ1v) is 15.2. The monoisotopic (exact) mass is 564 g/mol. The largest absolute Gasteiger partial charge is 0.310 e. The third kappa shape index (κ3) is 4.35. The Kier molecular flexibility index (Phi) is 6.27. The SMILES string of the molecule is Cc1ccc(N(c2ccccc2)c2ccc3ccc4c(N(c5ccccc5)c5ccc(C)cc5)ccc5ccc2c3c54)cc1. The average Bonchev–Trinajstić information content (AvgIpc) is 3.07. The predicted molar refractivity (Wildman–Crippen MR) is 189 cm³/mol. The molecule has 210 valence electrons. The van der Waals surface area contributed by atoms with E-state index in [2.05, 4.69) is 181 Å². The van der Waals surface area contributed by atoms with E-state index in [0.717, 1.165) is 22.7 Å². The van der Waals surface area contributed by atoms with Crippen LogP contribution in [-0.4, -0.2) is 0 Å². The number of rotatable bonds is 6. The van der Waals surface area contributed by atoms with E-state index >= 15 is 0 Å². The number of benzene rings is 8. The van der Waals surface area contributed by atoms with Crippen LogP contribution in [0.1, 0.15) is 11.1 Å². The van der Waals surface area contributed by atoms with Crippen molar-refractivity contribution >= 4 is 66.4 Å². The molecule has 0 aliphatic rings. The Balaban J connectivity index is 1.41. The lowest BCUT2D eigenvalue weighted by Gasteiger charge is -2.29. The molecule has 0 bridgehead atoms. The van der Waals surface area contributed by atoms with Crippen molar-refractivity contribution in [3.63, 3.8) is 0 Å². The summed E-state index contributed by atoms with van der Waals surface area (Å²) in [6, 6.07) is 57.3. The minimum Gasteiger partial charge on any atom is -0.310 e. The summed E-state index contributed by atoms with van der Waals surface area (Å²) in [5, 5.41) is 7.57. The summed E-state index contributed by atoms with van der Waals surface area (Å²) in [5.41, 5.74) is 9.42. The fraction of sp³-hybridized carbons (Fsp3) is 0.0476. The second-order valence-electron chi connectivity index (χ2n) is 11.6. The molecule has 0 amide bonds. The summed E-state index contributed by atoms with van der Waals surface area (Å²) in [7, 11) is 0. The van der Waals surface area contributed by atoms with E-state index in [0.29, 0.717) is 0 Å². The van der Waals surface area contributed by atoms with Gasteiger partial charge in [0.2, 0.25) is 0 Å². The first kappa shape index (κ1) is 26.1. The van der Waals surface area contributed by atoms with Gasteiger partial charge in [-0.15, -0.1) is 0 Å². The van der Waals surface area contributed by atoms with Gasteiger partial charge in [0.15, 0.2) is 0 Å². The van der Waals surface area contributed by atoms with Crippen molar-refractivity contribution in [3.8, 4) is 0 Å². The Bertz CT molecular complexity index is 2060. The van der Waals surface area contributed by atoms with Crippen molar-refractivity contribution in [1.82, 2.24) is 0 Å². The van der Waals surface area contributed by atoms with Gasteiger partial charge in [-0.05, 0) is 96.1 Å². The lowest BCUT2D eigenvalue weighted by Crippen LogP contribution is -2.11. The highest BCUT2D eigenvalue weighted by molar-refractivity contribution is 6.28. The van der Waals surface area contributed by atoms with Crippen molar-refractivity contribution in [1.29, 1.82) is 0 Å². The number of para-hydroxylation sites is 2. The van der Waals surface area contributed by atoms with Gasteiger partial charge in [-0.3, -0.25) is 0 Å². The van der Waals surface area contributed by atoms with Crippen LogP contribution in [0.15, 0.2) is 158 Å². The number of hydrogen-bond acceptors (Lipinski definition) is 2. The predicted octanol–water partition coefficient (Wildman–Crippen LogP) is 12.1. The molecule has 8 rings (SSSR count). The highest BCUT2D eigenvalue weighted by Crippen LogP contribution is 2.47. The molecule has 8 aromatic rings. The third-order valence-corrected chi connectivity index (χ3v) is 8.71. The molecule has 0 spiro atoms. The Labute approximate surface area is 258 Å². The Morgan fingerprint density at radius 3 is 1.05 bits per heavy atom. The smallest absolute Gasteiger partial charge is 0.0540 e. The van der Waals surface area contributed by atoms with Gasteiger partial charge in [0.05, 0.1) is 11.4 Å². The molecule has 0 fully saturated rings. The topological polar surface area (TPSA) is 6.48 Å². The van der Waals surface area contributed by atoms with Crippen molar-refractivity contribution in [2.75, 3.05) is 9.80 Å². The minimum absolute atomic E-state index is 1.14. The average molecular weight is 565 g/mol. The Morgan fingerprint density at radius 2 is 0.659 bits per heavy atom. The van der Waals surface area contributed by atoms with Crippen molar-refractivity contribution in [3.05, 3.63) is 169 Å². The maximum Gasteiger partial charge on any atom is 0.0540 e. The van der Waals surface area contributed by atoms with Crippen LogP contribution in [-0.2, 0) is 0 Å². The minimum atomic E-state index is 1.14. The van der Waals surface area contributed by atoms with E-state index in [1.165, 1.54) is 54.8 Å². The standard InChI is InChI=1S/C42H32N2/c1-29-13-21-35(22-14-29)43(33-9-5-3-6-10-33)39-27-19-31-18-26-38-40(28-20-32-17-25-37(39)41(31)42(32)38)44(34-11-7-4-8-12-34)36-23-15-30(2)16-24-36/h3-28H,1-2H3. The molecule has 0 aromatic heterocycles. The van der Waals surface area contributed by atoms with E-state index in [-0.39, 0.29) is 0 Å². The van der Waals surface area contributed by atoms with Gasteiger partial charge in [-0.2, -0.15) is 0 Å². The second kappa shape index (κ2) is 10.6. The van der Waals surface area contributed by atoms with Gasteiger partial charge in [-0.1, -0.05) is 108 Å². The summed E-state index contributed by atoms with van der Waals surface area (Å²) >= 11 is 0. The molecule has 2 heteroatoms. The second-order valence-corrected chi connectivity index (χ2v) is 11.6. The number of hydrogen-bond donors (Lipinski definition) is 0. The fourth-order valence-electron chi connectivity index (χ4n) is 6.56. The molecule has 0 heterocycles. The molecule has 0 radical (unpaired) electrons. The molecule has 44 heavy (non-hydrogen) atoms. The van der Waals surface area contributed by atoms with Crippen LogP contribution in [0.5, 0.6) is 0 Å². The first-order valence-electron chi connectivity index (χ1n) is 15.2. The molecule has 0 saturated heterocycles. The molecule has 8 aromatic carbocycles. The lowest BCUT2D eigenvalue weighted by atomic mass is 9.91. The molecule has 0 aliphatic carbocycles. The molecular weight excluding hydrogens is 532 g/mol.